The summed E-state index contributed by atoms with van der Waals surface area (Å²) in [5.41, 5.74) is 2.64. The van der Waals surface area contributed by atoms with Crippen molar-refractivity contribution in [1.82, 2.24) is 0 Å². The lowest BCUT2D eigenvalue weighted by atomic mass is 10.2. The van der Waals surface area contributed by atoms with Crippen molar-refractivity contribution in [2.24, 2.45) is 0 Å². The van der Waals surface area contributed by atoms with E-state index in [0.717, 1.165) is 16.8 Å². The van der Waals surface area contributed by atoms with Crippen molar-refractivity contribution in [1.29, 1.82) is 0 Å². The Kier molecular flexibility index (Phi) is 6.17. The van der Waals surface area contributed by atoms with Gasteiger partial charge in [-0.2, -0.15) is 0 Å². The fourth-order valence-corrected chi connectivity index (χ4v) is 1.87. The van der Waals surface area contributed by atoms with Crippen LogP contribution in [-0.4, -0.2) is 18.5 Å². The Morgan fingerprint density at radius 2 is 1.48 bits per heavy atom. The Labute approximate surface area is 135 Å². The highest BCUT2D eigenvalue weighted by molar-refractivity contribution is 5.75. The third-order valence-corrected chi connectivity index (χ3v) is 3.08. The number of nitrogens with one attached hydrogen (secondary N) is 1. The topological polar surface area (TPSA) is 64.6 Å². The maximum absolute atomic E-state index is 11.7. The number of carbonyl (C=O) groups is 2. The van der Waals surface area contributed by atoms with Gasteiger partial charge in [-0.05, 0) is 23.3 Å². The van der Waals surface area contributed by atoms with Crippen molar-refractivity contribution in [3.05, 3.63) is 65.7 Å². The number of esters is 2. The molecule has 0 spiro atoms. The van der Waals surface area contributed by atoms with Crippen LogP contribution in [0.5, 0.6) is 0 Å². The minimum atomic E-state index is -0.321. The number of carbonyl (C=O) groups excluding carboxylic acids is 2. The lowest BCUT2D eigenvalue weighted by Crippen LogP contribution is -2.16. The van der Waals surface area contributed by atoms with Gasteiger partial charge in [0, 0.05) is 12.6 Å². The summed E-state index contributed by atoms with van der Waals surface area (Å²) >= 11 is 0. The average molecular weight is 313 g/mol. The maximum Gasteiger partial charge on any atom is 0.325 e. The first-order valence-corrected chi connectivity index (χ1v) is 7.29. The minimum absolute atomic E-state index is 0.0934. The van der Waals surface area contributed by atoms with Crippen LogP contribution in [0.1, 0.15) is 18.1 Å². The van der Waals surface area contributed by atoms with E-state index in [1.807, 2.05) is 54.6 Å². The van der Waals surface area contributed by atoms with Crippen molar-refractivity contribution in [3.63, 3.8) is 0 Å². The van der Waals surface area contributed by atoms with Gasteiger partial charge in [0.05, 0.1) is 0 Å². The Balaban J connectivity index is 1.72. The molecule has 0 bridgehead atoms. The van der Waals surface area contributed by atoms with E-state index in [0.29, 0.717) is 0 Å². The molecule has 2 aromatic carbocycles. The molecular weight excluding hydrogens is 294 g/mol. The molecule has 5 nitrogen and oxygen atoms in total. The third kappa shape index (κ3) is 6.22. The number of rotatable bonds is 7. The van der Waals surface area contributed by atoms with E-state index in [2.05, 4.69) is 5.32 Å². The first kappa shape index (κ1) is 16.5. The molecule has 1 N–H and O–H groups in total. The molecule has 5 heteroatoms. The van der Waals surface area contributed by atoms with E-state index in [4.69, 9.17) is 9.47 Å². The van der Waals surface area contributed by atoms with Gasteiger partial charge in [-0.25, -0.2) is 0 Å². The smallest absolute Gasteiger partial charge is 0.325 e. The second-order valence-electron chi connectivity index (χ2n) is 4.98. The highest BCUT2D eigenvalue weighted by Gasteiger charge is 2.04. The standard InChI is InChI=1S/C18H19NO4/c1-14(20)22-12-16-7-9-17(10-8-16)19-11-18(21)23-13-15-5-3-2-4-6-15/h2-10,19H,11-13H2,1H3. The summed E-state index contributed by atoms with van der Waals surface area (Å²) in [7, 11) is 0. The molecular formula is C18H19NO4. The molecule has 0 aliphatic carbocycles. The fraction of sp³-hybridized carbons (Fsp3) is 0.222. The van der Waals surface area contributed by atoms with E-state index in [1.54, 1.807) is 0 Å². The molecule has 0 radical (unpaired) electrons. The fourth-order valence-electron chi connectivity index (χ4n) is 1.87. The minimum Gasteiger partial charge on any atom is -0.461 e. The van der Waals surface area contributed by atoms with Crippen LogP contribution in [0.4, 0.5) is 5.69 Å². The van der Waals surface area contributed by atoms with Gasteiger partial charge >= 0.3 is 11.9 Å². The molecule has 0 saturated heterocycles. The number of anilines is 1. The van der Waals surface area contributed by atoms with Crippen LogP contribution in [-0.2, 0) is 32.3 Å². The van der Waals surface area contributed by atoms with Crippen LogP contribution in [0.3, 0.4) is 0 Å². The molecule has 2 rings (SSSR count). The van der Waals surface area contributed by atoms with Gasteiger partial charge in [0.1, 0.15) is 19.8 Å². The number of benzene rings is 2. The zero-order valence-electron chi connectivity index (χ0n) is 13.0. The number of hydrogen-bond donors (Lipinski definition) is 1. The molecule has 0 aliphatic heterocycles. The van der Waals surface area contributed by atoms with E-state index >= 15 is 0 Å². The van der Waals surface area contributed by atoms with Gasteiger partial charge in [0.2, 0.25) is 0 Å². The molecule has 0 aromatic heterocycles. The summed E-state index contributed by atoms with van der Waals surface area (Å²) in [6, 6.07) is 16.8. The molecule has 0 amide bonds. The van der Waals surface area contributed by atoms with Crippen molar-refractivity contribution < 1.29 is 19.1 Å². The summed E-state index contributed by atoms with van der Waals surface area (Å²) in [5.74, 6) is -0.633. The van der Waals surface area contributed by atoms with Gasteiger partial charge in [-0.3, -0.25) is 9.59 Å². The quantitative estimate of drug-likeness (QED) is 0.796. The van der Waals surface area contributed by atoms with Gasteiger partial charge in [0.25, 0.3) is 0 Å². The van der Waals surface area contributed by atoms with Crippen LogP contribution >= 0.6 is 0 Å². The van der Waals surface area contributed by atoms with Crippen LogP contribution in [0.15, 0.2) is 54.6 Å². The lowest BCUT2D eigenvalue weighted by molar-refractivity contribution is -0.143. The summed E-state index contributed by atoms with van der Waals surface area (Å²) in [6.07, 6.45) is 0. The Morgan fingerprint density at radius 1 is 0.870 bits per heavy atom. The normalized spacial score (nSPS) is 9.96. The average Bonchev–Trinajstić information content (AvgIpc) is 2.58. The second-order valence-corrected chi connectivity index (χ2v) is 4.98. The van der Waals surface area contributed by atoms with Crippen molar-refractivity contribution >= 4 is 17.6 Å². The van der Waals surface area contributed by atoms with Gasteiger partial charge < -0.3 is 14.8 Å². The zero-order chi connectivity index (χ0) is 16.5. The molecule has 0 heterocycles. The molecule has 0 fully saturated rings. The Bertz CT molecular complexity index is 638. The summed E-state index contributed by atoms with van der Waals surface area (Å²) < 4.78 is 10.1. The van der Waals surface area contributed by atoms with E-state index in [9.17, 15) is 9.59 Å². The van der Waals surface area contributed by atoms with Gasteiger partial charge in [0.15, 0.2) is 0 Å². The summed E-state index contributed by atoms with van der Waals surface area (Å²) in [6.45, 7) is 1.98. The Hall–Kier alpha value is -2.82. The second kappa shape index (κ2) is 8.58. The molecule has 0 saturated carbocycles. The molecule has 2 aromatic rings. The van der Waals surface area contributed by atoms with Crippen LogP contribution in [0.2, 0.25) is 0 Å². The van der Waals surface area contributed by atoms with Crippen LogP contribution in [0.25, 0.3) is 0 Å². The SMILES string of the molecule is CC(=O)OCc1ccc(NCC(=O)OCc2ccccc2)cc1. The lowest BCUT2D eigenvalue weighted by Gasteiger charge is -2.08. The molecule has 0 aliphatic rings. The molecule has 0 atom stereocenters. The number of hydrogen-bond acceptors (Lipinski definition) is 5. The van der Waals surface area contributed by atoms with E-state index in [-0.39, 0.29) is 31.7 Å². The Morgan fingerprint density at radius 3 is 2.13 bits per heavy atom. The van der Waals surface area contributed by atoms with Gasteiger partial charge in [-0.15, -0.1) is 0 Å². The predicted octanol–water partition coefficient (Wildman–Crippen LogP) is 2.91. The zero-order valence-corrected chi connectivity index (χ0v) is 13.0. The maximum atomic E-state index is 11.7. The highest BCUT2D eigenvalue weighted by atomic mass is 16.5. The molecule has 120 valence electrons. The first-order chi connectivity index (χ1) is 11.1. The molecule has 23 heavy (non-hydrogen) atoms. The number of ether oxygens (including phenoxy) is 2. The molecule has 0 unspecified atom stereocenters. The van der Waals surface area contributed by atoms with Crippen molar-refractivity contribution in [2.45, 2.75) is 20.1 Å². The van der Waals surface area contributed by atoms with Crippen molar-refractivity contribution in [2.75, 3.05) is 11.9 Å². The first-order valence-electron chi connectivity index (χ1n) is 7.29. The summed E-state index contributed by atoms with van der Waals surface area (Å²) in [5, 5.41) is 2.99. The predicted molar refractivity (Wildman–Crippen MR) is 86.6 cm³/mol. The van der Waals surface area contributed by atoms with E-state index in [1.165, 1.54) is 6.92 Å². The monoisotopic (exact) mass is 313 g/mol. The van der Waals surface area contributed by atoms with E-state index < -0.39 is 0 Å². The third-order valence-electron chi connectivity index (χ3n) is 3.08. The largest absolute Gasteiger partial charge is 0.461 e. The summed E-state index contributed by atoms with van der Waals surface area (Å²) in [4.78, 5) is 22.4. The van der Waals surface area contributed by atoms with Crippen LogP contribution < -0.4 is 5.32 Å². The van der Waals surface area contributed by atoms with Crippen molar-refractivity contribution in [3.8, 4) is 0 Å². The van der Waals surface area contributed by atoms with Crippen LogP contribution in [0, 0.1) is 0 Å². The highest BCUT2D eigenvalue weighted by Crippen LogP contribution is 2.10. The van der Waals surface area contributed by atoms with Gasteiger partial charge in [-0.1, -0.05) is 42.5 Å².